The van der Waals surface area contributed by atoms with E-state index >= 15 is 0 Å². The maximum atomic E-state index is 10.1. The first-order valence-electron chi connectivity index (χ1n) is 10.1. The highest BCUT2D eigenvalue weighted by Crippen LogP contribution is 2.42. The first kappa shape index (κ1) is 21.5. The van der Waals surface area contributed by atoms with Gasteiger partial charge in [-0.3, -0.25) is 0 Å². The Balaban J connectivity index is 1.72. The third kappa shape index (κ3) is 4.65. The molecule has 1 atom stereocenters. The molecule has 1 aromatic heterocycles. The number of unbranched alkanes of at least 4 members (excludes halogenated alkanes) is 2. The normalized spacial score (nSPS) is 14.6. The number of fused-ring (bicyclic) bond motifs is 3. The minimum absolute atomic E-state index is 0.114. The lowest BCUT2D eigenvalue weighted by atomic mass is 10.1. The highest BCUT2D eigenvalue weighted by molar-refractivity contribution is 7.99. The van der Waals surface area contributed by atoms with Gasteiger partial charge >= 0.3 is 0 Å². The van der Waals surface area contributed by atoms with Gasteiger partial charge in [-0.2, -0.15) is 4.98 Å². The molecular formula is C22H23ClN4O3S. The van der Waals surface area contributed by atoms with E-state index in [2.05, 4.69) is 27.4 Å². The number of anilines is 1. The van der Waals surface area contributed by atoms with E-state index in [9.17, 15) is 5.11 Å². The fourth-order valence-electron chi connectivity index (χ4n) is 3.28. The van der Waals surface area contributed by atoms with Gasteiger partial charge in [0.15, 0.2) is 23.4 Å². The summed E-state index contributed by atoms with van der Waals surface area (Å²) < 4.78 is 11.5. The molecule has 0 bridgehead atoms. The molecule has 31 heavy (non-hydrogen) atoms. The molecule has 0 saturated heterocycles. The summed E-state index contributed by atoms with van der Waals surface area (Å²) in [7, 11) is 1.47. The van der Waals surface area contributed by atoms with Crippen molar-refractivity contribution < 1.29 is 14.6 Å². The van der Waals surface area contributed by atoms with Crippen LogP contribution < -0.4 is 14.8 Å². The number of nitrogens with zero attached hydrogens (tertiary/aromatic N) is 3. The fraction of sp³-hybridized carbons (Fsp3) is 0.318. The number of thioether (sulfide) groups is 1. The summed E-state index contributed by atoms with van der Waals surface area (Å²) in [5.41, 5.74) is 2.92. The Morgan fingerprint density at radius 1 is 1.23 bits per heavy atom. The van der Waals surface area contributed by atoms with Crippen molar-refractivity contribution in [3.8, 4) is 28.6 Å². The molecule has 162 valence electrons. The number of hydrogen-bond donors (Lipinski definition) is 2. The summed E-state index contributed by atoms with van der Waals surface area (Å²) in [5, 5.41) is 22.9. The van der Waals surface area contributed by atoms with E-state index in [1.54, 1.807) is 23.9 Å². The van der Waals surface area contributed by atoms with Crippen LogP contribution >= 0.6 is 23.4 Å². The predicted octanol–water partition coefficient (Wildman–Crippen LogP) is 5.69. The molecule has 2 N–H and O–H groups in total. The molecule has 0 saturated carbocycles. The first-order chi connectivity index (χ1) is 15.1. The number of rotatable bonds is 7. The Morgan fingerprint density at radius 3 is 2.87 bits per heavy atom. The lowest BCUT2D eigenvalue weighted by molar-refractivity contribution is 0.224. The van der Waals surface area contributed by atoms with Crippen LogP contribution in [0.2, 0.25) is 5.02 Å². The maximum Gasteiger partial charge on any atom is 0.247 e. The predicted molar refractivity (Wildman–Crippen MR) is 122 cm³/mol. The van der Waals surface area contributed by atoms with Crippen molar-refractivity contribution >= 4 is 29.1 Å². The van der Waals surface area contributed by atoms with E-state index in [0.29, 0.717) is 22.3 Å². The van der Waals surface area contributed by atoms with E-state index in [1.165, 1.54) is 13.5 Å². The summed E-state index contributed by atoms with van der Waals surface area (Å²) in [6.45, 7) is 2.17. The van der Waals surface area contributed by atoms with Crippen LogP contribution in [0.3, 0.4) is 0 Å². The molecule has 3 aromatic rings. The van der Waals surface area contributed by atoms with Crippen LogP contribution in [-0.4, -0.2) is 33.2 Å². The molecule has 1 aliphatic heterocycles. The monoisotopic (exact) mass is 458 g/mol. The zero-order chi connectivity index (χ0) is 21.8. The Labute approximate surface area is 190 Å². The minimum Gasteiger partial charge on any atom is -0.503 e. The van der Waals surface area contributed by atoms with Crippen LogP contribution in [0, 0.1) is 0 Å². The van der Waals surface area contributed by atoms with E-state index < -0.39 is 6.23 Å². The lowest BCUT2D eigenvalue weighted by Crippen LogP contribution is -2.17. The molecular weight excluding hydrogens is 436 g/mol. The van der Waals surface area contributed by atoms with E-state index in [-0.39, 0.29) is 16.5 Å². The number of nitrogens with one attached hydrogen (secondary N) is 1. The van der Waals surface area contributed by atoms with Gasteiger partial charge in [-0.1, -0.05) is 61.3 Å². The maximum absolute atomic E-state index is 10.1. The molecule has 9 heteroatoms. The van der Waals surface area contributed by atoms with Crippen LogP contribution in [0.4, 0.5) is 5.69 Å². The quantitative estimate of drug-likeness (QED) is 0.344. The zero-order valence-electron chi connectivity index (χ0n) is 17.3. The third-order valence-electron chi connectivity index (χ3n) is 4.89. The Hall–Kier alpha value is -2.71. The summed E-state index contributed by atoms with van der Waals surface area (Å²) in [6, 6.07) is 11.1. The second-order valence-corrected chi connectivity index (χ2v) is 8.51. The summed E-state index contributed by atoms with van der Waals surface area (Å²) in [5.74, 6) is 1.46. The Kier molecular flexibility index (Phi) is 6.67. The Bertz CT molecular complexity index is 1080. The molecule has 4 rings (SSSR count). The average Bonchev–Trinajstić information content (AvgIpc) is 2.95. The molecule has 7 nitrogen and oxygen atoms in total. The molecule has 0 unspecified atom stereocenters. The number of aromatic hydroxyl groups is 1. The largest absolute Gasteiger partial charge is 0.503 e. The van der Waals surface area contributed by atoms with Gasteiger partial charge < -0.3 is 19.9 Å². The van der Waals surface area contributed by atoms with Crippen LogP contribution in [0.15, 0.2) is 41.6 Å². The van der Waals surface area contributed by atoms with Crippen LogP contribution in [0.25, 0.3) is 11.3 Å². The van der Waals surface area contributed by atoms with Gasteiger partial charge in [0.1, 0.15) is 0 Å². The molecule has 0 spiro atoms. The van der Waals surface area contributed by atoms with Gasteiger partial charge in [-0.25, -0.2) is 0 Å². The molecule has 2 heterocycles. The highest BCUT2D eigenvalue weighted by atomic mass is 35.5. The number of aromatic nitrogens is 3. The number of phenols is 1. The van der Waals surface area contributed by atoms with Crippen molar-refractivity contribution in [2.45, 2.75) is 37.6 Å². The minimum atomic E-state index is -0.621. The fourth-order valence-corrected chi connectivity index (χ4v) is 4.27. The average molecular weight is 459 g/mol. The van der Waals surface area contributed by atoms with E-state index in [0.717, 1.165) is 29.8 Å². The molecule has 1 aliphatic rings. The molecule has 0 amide bonds. The number of benzene rings is 2. The van der Waals surface area contributed by atoms with Crippen LogP contribution in [0.5, 0.6) is 17.4 Å². The topological polar surface area (TPSA) is 89.4 Å². The zero-order valence-corrected chi connectivity index (χ0v) is 18.8. The van der Waals surface area contributed by atoms with Crippen molar-refractivity contribution in [2.75, 3.05) is 18.2 Å². The number of ether oxygens (including phenoxy) is 2. The smallest absolute Gasteiger partial charge is 0.247 e. The third-order valence-corrected chi connectivity index (χ3v) is 6.10. The molecule has 0 radical (unpaired) electrons. The standard InChI is InChI=1S/C22H23ClN4O3S/c1-3-4-7-10-31-22-25-21-18(26-27-22)14-8-5-6-9-16(14)24-20(30-21)13-11-15(23)19(28)17(12-13)29-2/h5-6,8-9,11-12,20,24,28H,3-4,7,10H2,1-2H3/t20-/m0/s1. The number of halogens is 1. The molecule has 0 aliphatic carbocycles. The van der Waals surface area contributed by atoms with Gasteiger partial charge in [-0.15, -0.1) is 10.2 Å². The van der Waals surface area contributed by atoms with Gasteiger partial charge in [-0.05, 0) is 24.6 Å². The number of hydrogen-bond acceptors (Lipinski definition) is 8. The number of para-hydroxylation sites is 1. The number of methoxy groups -OCH3 is 1. The van der Waals surface area contributed by atoms with E-state index in [4.69, 9.17) is 21.1 Å². The van der Waals surface area contributed by atoms with E-state index in [1.807, 2.05) is 24.3 Å². The van der Waals surface area contributed by atoms with Crippen molar-refractivity contribution in [3.63, 3.8) is 0 Å². The van der Waals surface area contributed by atoms with Crippen LogP contribution in [-0.2, 0) is 0 Å². The number of phenolic OH excluding ortho intramolecular Hbond substituents is 1. The lowest BCUT2D eigenvalue weighted by Gasteiger charge is -2.20. The van der Waals surface area contributed by atoms with Gasteiger partial charge in [0, 0.05) is 22.6 Å². The Morgan fingerprint density at radius 2 is 2.06 bits per heavy atom. The second kappa shape index (κ2) is 9.62. The second-order valence-electron chi connectivity index (χ2n) is 7.05. The van der Waals surface area contributed by atoms with Crippen molar-refractivity contribution in [3.05, 3.63) is 47.0 Å². The molecule has 2 aromatic carbocycles. The first-order valence-corrected chi connectivity index (χ1v) is 11.4. The SMILES string of the molecule is CCCCCSc1nnc2c(n1)O[C@@H](c1cc(Cl)c(O)c(OC)c1)Nc1ccccc1-2. The highest BCUT2D eigenvalue weighted by Gasteiger charge is 2.27. The van der Waals surface area contributed by atoms with Crippen molar-refractivity contribution in [1.82, 2.24) is 15.2 Å². The van der Waals surface area contributed by atoms with Gasteiger partial charge in [0.25, 0.3) is 0 Å². The van der Waals surface area contributed by atoms with Gasteiger partial charge in [0.2, 0.25) is 11.0 Å². The molecule has 0 fully saturated rings. The summed E-state index contributed by atoms with van der Waals surface area (Å²) in [4.78, 5) is 4.64. The van der Waals surface area contributed by atoms with Gasteiger partial charge in [0.05, 0.1) is 12.1 Å². The summed E-state index contributed by atoms with van der Waals surface area (Å²) >= 11 is 7.78. The van der Waals surface area contributed by atoms with Crippen molar-refractivity contribution in [2.24, 2.45) is 0 Å². The van der Waals surface area contributed by atoms with Crippen molar-refractivity contribution in [1.29, 1.82) is 0 Å². The summed E-state index contributed by atoms with van der Waals surface area (Å²) in [6.07, 6.45) is 2.81. The van der Waals surface area contributed by atoms with Crippen LogP contribution in [0.1, 0.15) is 38.0 Å².